The lowest BCUT2D eigenvalue weighted by molar-refractivity contribution is 0.0749. The Morgan fingerprint density at radius 3 is 2.39 bits per heavy atom. The fourth-order valence-electron chi connectivity index (χ4n) is 4.15. The van der Waals surface area contributed by atoms with E-state index in [2.05, 4.69) is 10.1 Å². The predicted molar refractivity (Wildman–Crippen MR) is 124 cm³/mol. The number of sulfone groups is 1. The van der Waals surface area contributed by atoms with Gasteiger partial charge in [-0.2, -0.15) is 5.10 Å². The zero-order valence-electron chi connectivity index (χ0n) is 19.0. The number of hydrogen-bond acceptors (Lipinski definition) is 5. The molecular formula is C25H19F3N4O3S. The first kappa shape index (κ1) is 23.7. The van der Waals surface area contributed by atoms with Crippen molar-refractivity contribution in [1.29, 1.82) is 0 Å². The third-order valence-corrected chi connectivity index (χ3v) is 7.69. The van der Waals surface area contributed by atoms with Gasteiger partial charge in [0.25, 0.3) is 5.91 Å². The summed E-state index contributed by atoms with van der Waals surface area (Å²) in [7, 11) is -3.65. The topological polar surface area (TPSA) is 85.2 Å². The van der Waals surface area contributed by atoms with Crippen LogP contribution in [-0.4, -0.2) is 39.7 Å². The third kappa shape index (κ3) is 4.37. The number of fused-ring (bicyclic) bond motifs is 1. The van der Waals surface area contributed by atoms with Gasteiger partial charge in [0.15, 0.2) is 9.84 Å². The van der Waals surface area contributed by atoms with Gasteiger partial charge in [-0.15, -0.1) is 0 Å². The molecule has 36 heavy (non-hydrogen) atoms. The molecule has 4 aromatic rings. The van der Waals surface area contributed by atoms with Crippen molar-refractivity contribution in [3.8, 4) is 16.8 Å². The average Bonchev–Trinajstić information content (AvgIpc) is 3.42. The Labute approximate surface area is 204 Å². The number of benzene rings is 2. The normalized spacial score (nSPS) is 13.2. The Kier molecular flexibility index (Phi) is 5.87. The standard InChI is InChI=1S/C25H19F3N4O3S/c1-2-36(34,35)21-3-4-22(15-5-17(26)7-18(27)6-15)23(9-21)25(33)31-12-16-13-32(30-24(16)14-31)20-8-19(28)10-29-11-20/h3-11,13H,2,12,14H2,1H3. The molecule has 0 N–H and O–H groups in total. The minimum absolute atomic E-state index is 0.00175. The maximum atomic E-state index is 13.9. The smallest absolute Gasteiger partial charge is 0.255 e. The molecule has 0 aliphatic carbocycles. The largest absolute Gasteiger partial charge is 0.328 e. The second kappa shape index (κ2) is 8.90. The molecule has 2 aromatic carbocycles. The summed E-state index contributed by atoms with van der Waals surface area (Å²) in [6, 6.07) is 8.11. The maximum Gasteiger partial charge on any atom is 0.255 e. The number of hydrogen-bond donors (Lipinski definition) is 0. The van der Waals surface area contributed by atoms with Gasteiger partial charge in [-0.3, -0.25) is 9.78 Å². The highest BCUT2D eigenvalue weighted by atomic mass is 32.2. The van der Waals surface area contributed by atoms with E-state index in [0.29, 0.717) is 17.4 Å². The first-order chi connectivity index (χ1) is 17.1. The SMILES string of the molecule is CCS(=O)(=O)c1ccc(-c2cc(F)cc(F)c2)c(C(=O)N2Cc3cn(-c4cncc(F)c4)nc3C2)c1. The predicted octanol–water partition coefficient (Wildman–Crippen LogP) is 4.30. The van der Waals surface area contributed by atoms with Crippen LogP contribution in [-0.2, 0) is 22.9 Å². The summed E-state index contributed by atoms with van der Waals surface area (Å²) in [6.07, 6.45) is 4.20. The van der Waals surface area contributed by atoms with Crippen LogP contribution in [0.15, 0.2) is 66.0 Å². The number of pyridine rings is 1. The van der Waals surface area contributed by atoms with E-state index < -0.39 is 33.2 Å². The molecule has 0 unspecified atom stereocenters. The Morgan fingerprint density at radius 1 is 0.972 bits per heavy atom. The van der Waals surface area contributed by atoms with Crippen LogP contribution >= 0.6 is 0 Å². The van der Waals surface area contributed by atoms with E-state index in [1.165, 1.54) is 47.0 Å². The summed E-state index contributed by atoms with van der Waals surface area (Å²) in [5.74, 6) is -2.85. The molecule has 11 heteroatoms. The molecule has 5 rings (SSSR count). The Balaban J connectivity index is 1.51. The van der Waals surface area contributed by atoms with Gasteiger partial charge in [0.2, 0.25) is 0 Å². The van der Waals surface area contributed by atoms with Gasteiger partial charge < -0.3 is 4.90 Å². The summed E-state index contributed by atoms with van der Waals surface area (Å²) >= 11 is 0. The Hall–Kier alpha value is -3.99. The van der Waals surface area contributed by atoms with Crippen LogP contribution in [0.25, 0.3) is 16.8 Å². The number of halogens is 3. The number of carbonyl (C=O) groups is 1. The second-order valence-electron chi connectivity index (χ2n) is 8.34. The molecule has 1 amide bonds. The summed E-state index contributed by atoms with van der Waals surface area (Å²) < 4.78 is 67.9. The van der Waals surface area contributed by atoms with Crippen LogP contribution in [0.5, 0.6) is 0 Å². The molecule has 1 aliphatic heterocycles. The second-order valence-corrected chi connectivity index (χ2v) is 10.6. The Bertz CT molecular complexity index is 1580. The molecule has 1 aliphatic rings. The molecule has 0 radical (unpaired) electrons. The van der Waals surface area contributed by atoms with Crippen molar-refractivity contribution in [2.24, 2.45) is 0 Å². The highest BCUT2D eigenvalue weighted by molar-refractivity contribution is 7.91. The molecule has 0 saturated heterocycles. The summed E-state index contributed by atoms with van der Waals surface area (Å²) in [5, 5.41) is 4.42. The number of rotatable bonds is 5. The van der Waals surface area contributed by atoms with Gasteiger partial charge in [0.1, 0.15) is 17.5 Å². The van der Waals surface area contributed by atoms with Gasteiger partial charge in [-0.05, 0) is 35.4 Å². The average molecular weight is 513 g/mol. The van der Waals surface area contributed by atoms with Crippen molar-refractivity contribution in [1.82, 2.24) is 19.7 Å². The van der Waals surface area contributed by atoms with Crippen LogP contribution in [0.2, 0.25) is 0 Å². The van der Waals surface area contributed by atoms with Crippen LogP contribution in [0.1, 0.15) is 28.5 Å². The lowest BCUT2D eigenvalue weighted by atomic mass is 9.98. The van der Waals surface area contributed by atoms with Crippen molar-refractivity contribution in [3.63, 3.8) is 0 Å². The molecule has 7 nitrogen and oxygen atoms in total. The summed E-state index contributed by atoms with van der Waals surface area (Å²) in [6.45, 7) is 1.77. The number of carbonyl (C=O) groups excluding carboxylic acids is 1. The van der Waals surface area contributed by atoms with Gasteiger partial charge in [-0.1, -0.05) is 13.0 Å². The molecule has 3 heterocycles. The van der Waals surface area contributed by atoms with Crippen molar-refractivity contribution >= 4 is 15.7 Å². The molecule has 0 bridgehead atoms. The molecule has 0 saturated carbocycles. The monoisotopic (exact) mass is 512 g/mol. The van der Waals surface area contributed by atoms with E-state index in [0.717, 1.165) is 23.9 Å². The molecule has 0 spiro atoms. The maximum absolute atomic E-state index is 13.9. The van der Waals surface area contributed by atoms with Crippen LogP contribution in [0.3, 0.4) is 0 Å². The number of nitrogens with zero attached hydrogens (tertiary/aromatic N) is 4. The third-order valence-electron chi connectivity index (χ3n) is 5.96. The highest BCUT2D eigenvalue weighted by Crippen LogP contribution is 2.32. The molecule has 184 valence electrons. The van der Waals surface area contributed by atoms with Crippen molar-refractivity contribution in [2.75, 3.05) is 5.75 Å². The molecule has 0 fully saturated rings. The lowest BCUT2D eigenvalue weighted by Gasteiger charge is -2.19. The zero-order chi connectivity index (χ0) is 25.6. The Morgan fingerprint density at radius 2 is 1.72 bits per heavy atom. The molecule has 2 aromatic heterocycles. The molecular weight excluding hydrogens is 493 g/mol. The minimum atomic E-state index is -3.65. The quantitative estimate of drug-likeness (QED) is 0.398. The fourth-order valence-corrected chi connectivity index (χ4v) is 5.05. The van der Waals surface area contributed by atoms with Crippen molar-refractivity contribution < 1.29 is 26.4 Å². The zero-order valence-corrected chi connectivity index (χ0v) is 19.8. The van der Waals surface area contributed by atoms with Crippen LogP contribution in [0.4, 0.5) is 13.2 Å². The summed E-state index contributed by atoms with van der Waals surface area (Å²) in [4.78, 5) is 18.8. The fraction of sp³-hybridized carbons (Fsp3) is 0.160. The first-order valence-corrected chi connectivity index (χ1v) is 12.6. The van der Waals surface area contributed by atoms with Gasteiger partial charge >= 0.3 is 0 Å². The van der Waals surface area contributed by atoms with Crippen LogP contribution < -0.4 is 0 Å². The van der Waals surface area contributed by atoms with Crippen molar-refractivity contribution in [2.45, 2.75) is 24.9 Å². The van der Waals surface area contributed by atoms with E-state index in [-0.39, 0.29) is 40.4 Å². The minimum Gasteiger partial charge on any atom is -0.328 e. The highest BCUT2D eigenvalue weighted by Gasteiger charge is 2.30. The van der Waals surface area contributed by atoms with Crippen LogP contribution in [0, 0.1) is 17.5 Å². The van der Waals surface area contributed by atoms with E-state index in [9.17, 15) is 26.4 Å². The van der Waals surface area contributed by atoms with Gasteiger partial charge in [-0.25, -0.2) is 26.3 Å². The number of aromatic nitrogens is 3. The molecule has 0 atom stereocenters. The van der Waals surface area contributed by atoms with Gasteiger partial charge in [0, 0.05) is 36.0 Å². The van der Waals surface area contributed by atoms with E-state index in [4.69, 9.17) is 0 Å². The number of amides is 1. The van der Waals surface area contributed by atoms with E-state index in [1.54, 1.807) is 6.20 Å². The first-order valence-electron chi connectivity index (χ1n) is 11.0. The summed E-state index contributed by atoms with van der Waals surface area (Å²) in [5.41, 5.74) is 2.05. The van der Waals surface area contributed by atoms with Gasteiger partial charge in [0.05, 0.1) is 41.0 Å². The van der Waals surface area contributed by atoms with E-state index in [1.807, 2.05) is 0 Å². The van der Waals surface area contributed by atoms with Crippen molar-refractivity contribution in [3.05, 3.63) is 95.3 Å². The lowest BCUT2D eigenvalue weighted by Crippen LogP contribution is -2.27. The van der Waals surface area contributed by atoms with E-state index >= 15 is 0 Å².